The number of esters is 1. The number of phenols is 1. The lowest BCUT2D eigenvalue weighted by Gasteiger charge is -2.11. The number of benzene rings is 2. The summed E-state index contributed by atoms with van der Waals surface area (Å²) >= 11 is 0. The Bertz CT molecular complexity index is 690. The summed E-state index contributed by atoms with van der Waals surface area (Å²) in [6, 6.07) is 5.23. The predicted octanol–water partition coefficient (Wildman–Crippen LogP) is 2.23. The molecule has 1 N–H and O–H groups in total. The Morgan fingerprint density at radius 1 is 1.16 bits per heavy atom. The molecule has 0 spiro atoms. The fourth-order valence-corrected chi connectivity index (χ4v) is 2.32. The van der Waals surface area contributed by atoms with Gasteiger partial charge in [-0.05, 0) is 23.6 Å². The van der Waals surface area contributed by atoms with Crippen molar-refractivity contribution in [2.75, 3.05) is 14.2 Å². The van der Waals surface area contributed by atoms with Crippen LogP contribution in [0.4, 0.5) is 0 Å². The van der Waals surface area contributed by atoms with Crippen LogP contribution in [0.5, 0.6) is 17.2 Å². The number of fused-ring (bicyclic) bond motifs is 2. The molecule has 0 radical (unpaired) electrons. The molecule has 0 saturated heterocycles. The Morgan fingerprint density at radius 2 is 1.84 bits per heavy atom. The fraction of sp³-hybridized carbons (Fsp3) is 0.214. The van der Waals surface area contributed by atoms with E-state index < -0.39 is 5.97 Å². The second-order valence-corrected chi connectivity index (χ2v) is 4.26. The summed E-state index contributed by atoms with van der Waals surface area (Å²) in [6.07, 6.45) is 0. The van der Waals surface area contributed by atoms with Gasteiger partial charge in [0.2, 0.25) is 0 Å². The SMILES string of the molecule is COc1cc2cc3c(c(O)c2cc1OC)C(=O)OC3. The Labute approximate surface area is 109 Å². The molecule has 2 aromatic carbocycles. The monoisotopic (exact) mass is 260 g/mol. The van der Waals surface area contributed by atoms with E-state index in [0.29, 0.717) is 22.4 Å². The maximum absolute atomic E-state index is 11.6. The third kappa shape index (κ3) is 1.58. The van der Waals surface area contributed by atoms with Crippen LogP contribution in [0.2, 0.25) is 0 Å². The molecule has 0 atom stereocenters. The van der Waals surface area contributed by atoms with Gasteiger partial charge in [0.05, 0.1) is 14.2 Å². The van der Waals surface area contributed by atoms with Crippen molar-refractivity contribution < 1.29 is 24.1 Å². The second-order valence-electron chi connectivity index (χ2n) is 4.26. The first-order valence-electron chi connectivity index (χ1n) is 5.73. The van der Waals surface area contributed by atoms with E-state index in [4.69, 9.17) is 14.2 Å². The standard InChI is InChI=1S/C14H12O5/c1-17-10-4-7-3-8-6-19-14(16)12(8)13(15)9(7)5-11(10)18-2/h3-5,15H,6H2,1-2H3. The first kappa shape index (κ1) is 11.6. The second kappa shape index (κ2) is 4.05. The molecule has 0 saturated carbocycles. The maximum atomic E-state index is 11.6. The van der Waals surface area contributed by atoms with Gasteiger partial charge in [0.1, 0.15) is 17.9 Å². The van der Waals surface area contributed by atoms with Gasteiger partial charge in [-0.2, -0.15) is 0 Å². The Hall–Kier alpha value is -2.43. The normalized spacial score (nSPS) is 13.3. The molecule has 0 aliphatic carbocycles. The highest BCUT2D eigenvalue weighted by atomic mass is 16.5. The van der Waals surface area contributed by atoms with Crippen LogP contribution in [-0.2, 0) is 11.3 Å². The Kier molecular flexibility index (Phi) is 2.48. The third-order valence-corrected chi connectivity index (χ3v) is 3.26. The van der Waals surface area contributed by atoms with E-state index in [0.717, 1.165) is 5.39 Å². The number of carbonyl (C=O) groups is 1. The molecule has 3 rings (SSSR count). The van der Waals surface area contributed by atoms with E-state index >= 15 is 0 Å². The molecular formula is C14H12O5. The van der Waals surface area contributed by atoms with Crippen molar-refractivity contribution in [2.24, 2.45) is 0 Å². The van der Waals surface area contributed by atoms with Gasteiger partial charge in [-0.25, -0.2) is 4.79 Å². The summed E-state index contributed by atoms with van der Waals surface area (Å²) in [4.78, 5) is 11.6. The molecule has 5 nitrogen and oxygen atoms in total. The topological polar surface area (TPSA) is 65.0 Å². The molecule has 0 unspecified atom stereocenters. The van der Waals surface area contributed by atoms with Crippen molar-refractivity contribution in [2.45, 2.75) is 6.61 Å². The summed E-state index contributed by atoms with van der Waals surface area (Å²) in [7, 11) is 3.06. The molecule has 0 bridgehead atoms. The lowest BCUT2D eigenvalue weighted by molar-refractivity contribution is 0.0533. The number of carbonyl (C=O) groups excluding carboxylic acids is 1. The minimum atomic E-state index is -0.496. The number of hydrogen-bond donors (Lipinski definition) is 1. The first-order chi connectivity index (χ1) is 9.15. The van der Waals surface area contributed by atoms with Gasteiger partial charge in [-0.1, -0.05) is 0 Å². The minimum absolute atomic E-state index is 0.0732. The van der Waals surface area contributed by atoms with Crippen LogP contribution < -0.4 is 9.47 Å². The summed E-state index contributed by atoms with van der Waals surface area (Å²) in [5.41, 5.74) is 0.918. The van der Waals surface area contributed by atoms with Gasteiger partial charge < -0.3 is 19.3 Å². The number of cyclic esters (lactones) is 1. The van der Waals surface area contributed by atoms with Crippen LogP contribution >= 0.6 is 0 Å². The molecule has 98 valence electrons. The lowest BCUT2D eigenvalue weighted by Crippen LogP contribution is -1.96. The van der Waals surface area contributed by atoms with Crippen LogP contribution in [0.3, 0.4) is 0 Å². The number of aromatic hydroxyl groups is 1. The van der Waals surface area contributed by atoms with E-state index in [2.05, 4.69) is 0 Å². The van der Waals surface area contributed by atoms with Gasteiger partial charge in [-0.3, -0.25) is 0 Å². The lowest BCUT2D eigenvalue weighted by atomic mass is 10.0. The molecule has 0 amide bonds. The molecule has 1 heterocycles. The van der Waals surface area contributed by atoms with Crippen LogP contribution in [0, 0.1) is 0 Å². The number of hydrogen-bond acceptors (Lipinski definition) is 5. The molecule has 0 fully saturated rings. The van der Waals surface area contributed by atoms with E-state index in [1.165, 1.54) is 7.11 Å². The minimum Gasteiger partial charge on any atom is -0.506 e. The van der Waals surface area contributed by atoms with Crippen LogP contribution in [0.1, 0.15) is 15.9 Å². The van der Waals surface area contributed by atoms with Crippen molar-refractivity contribution in [1.29, 1.82) is 0 Å². The molecule has 19 heavy (non-hydrogen) atoms. The van der Waals surface area contributed by atoms with Gasteiger partial charge in [-0.15, -0.1) is 0 Å². The van der Waals surface area contributed by atoms with Crippen molar-refractivity contribution in [1.82, 2.24) is 0 Å². The zero-order chi connectivity index (χ0) is 13.6. The van der Waals surface area contributed by atoms with Crippen LogP contribution in [-0.4, -0.2) is 25.3 Å². The molecule has 5 heteroatoms. The maximum Gasteiger partial charge on any atom is 0.342 e. The van der Waals surface area contributed by atoms with Crippen molar-refractivity contribution in [3.63, 3.8) is 0 Å². The molecular weight excluding hydrogens is 248 g/mol. The van der Waals surface area contributed by atoms with Gasteiger partial charge >= 0.3 is 5.97 Å². The number of rotatable bonds is 2. The highest BCUT2D eigenvalue weighted by Gasteiger charge is 2.27. The average Bonchev–Trinajstić information content (AvgIpc) is 2.79. The van der Waals surface area contributed by atoms with Crippen molar-refractivity contribution in [3.05, 3.63) is 29.3 Å². The highest BCUT2D eigenvalue weighted by molar-refractivity contribution is 6.05. The van der Waals surface area contributed by atoms with Gasteiger partial charge in [0, 0.05) is 10.9 Å². The van der Waals surface area contributed by atoms with Crippen molar-refractivity contribution >= 4 is 16.7 Å². The summed E-state index contributed by atoms with van der Waals surface area (Å²) in [6.45, 7) is 0.187. The largest absolute Gasteiger partial charge is 0.506 e. The average molecular weight is 260 g/mol. The Morgan fingerprint density at radius 3 is 2.53 bits per heavy atom. The molecule has 1 aliphatic rings. The van der Waals surface area contributed by atoms with E-state index in [9.17, 15) is 9.90 Å². The fourth-order valence-electron chi connectivity index (χ4n) is 2.32. The first-order valence-corrected chi connectivity index (χ1v) is 5.73. The van der Waals surface area contributed by atoms with E-state index in [-0.39, 0.29) is 17.9 Å². The summed E-state index contributed by atoms with van der Waals surface area (Å²) in [5.74, 6) is 0.497. The third-order valence-electron chi connectivity index (χ3n) is 3.26. The molecule has 0 aromatic heterocycles. The van der Waals surface area contributed by atoms with E-state index in [1.54, 1.807) is 19.2 Å². The molecule has 1 aliphatic heterocycles. The van der Waals surface area contributed by atoms with Gasteiger partial charge in [0.25, 0.3) is 0 Å². The zero-order valence-corrected chi connectivity index (χ0v) is 10.5. The summed E-state index contributed by atoms with van der Waals surface area (Å²) < 4.78 is 15.3. The predicted molar refractivity (Wildman–Crippen MR) is 67.8 cm³/mol. The highest BCUT2D eigenvalue weighted by Crippen LogP contribution is 2.40. The smallest absolute Gasteiger partial charge is 0.342 e. The van der Waals surface area contributed by atoms with E-state index in [1.807, 2.05) is 6.07 Å². The Balaban J connectivity index is 2.36. The van der Waals surface area contributed by atoms with Crippen LogP contribution in [0.25, 0.3) is 10.8 Å². The number of ether oxygens (including phenoxy) is 3. The molecule has 2 aromatic rings. The summed E-state index contributed by atoms with van der Waals surface area (Å²) in [5, 5.41) is 11.5. The quantitative estimate of drug-likeness (QED) is 0.839. The zero-order valence-electron chi connectivity index (χ0n) is 10.5. The number of phenolic OH excluding ortho intramolecular Hbond substituents is 1. The number of methoxy groups -OCH3 is 2. The van der Waals surface area contributed by atoms with Crippen molar-refractivity contribution in [3.8, 4) is 17.2 Å². The van der Waals surface area contributed by atoms with Gasteiger partial charge in [0.15, 0.2) is 11.5 Å². The van der Waals surface area contributed by atoms with Crippen LogP contribution in [0.15, 0.2) is 18.2 Å².